The number of hydrogen-bond donors (Lipinski definition) is 0. The summed E-state index contributed by atoms with van der Waals surface area (Å²) in [6.45, 7) is 2.81. The van der Waals surface area contributed by atoms with Crippen molar-refractivity contribution in [2.75, 3.05) is 13.4 Å². The molecule has 0 radical (unpaired) electrons. The van der Waals surface area contributed by atoms with Crippen molar-refractivity contribution in [1.29, 1.82) is 0 Å². The average molecular weight is 402 g/mol. The maximum absolute atomic E-state index is 13.7. The lowest BCUT2D eigenvalue weighted by Gasteiger charge is -2.20. The Kier molecular flexibility index (Phi) is 7.19. The van der Waals surface area contributed by atoms with Crippen LogP contribution in [0.3, 0.4) is 0 Å². The van der Waals surface area contributed by atoms with E-state index < -0.39 is 11.8 Å². The Morgan fingerprint density at radius 3 is 2.69 bits per heavy atom. The normalized spacial score (nSPS) is 12.6. The minimum Gasteiger partial charge on any atom is -0.494 e. The number of halogens is 1. The van der Waals surface area contributed by atoms with Crippen LogP contribution in [-0.2, 0) is 27.5 Å². The van der Waals surface area contributed by atoms with Crippen molar-refractivity contribution in [2.24, 2.45) is 0 Å². The second-order valence-corrected chi connectivity index (χ2v) is 6.62. The van der Waals surface area contributed by atoms with Crippen LogP contribution in [0.1, 0.15) is 47.7 Å². The summed E-state index contributed by atoms with van der Waals surface area (Å²) >= 11 is 0. The standard InChI is InChI=1S/C22H23FO6/c1-2-9-27-19-5-3-15(4-6-19)20(24)7-8-21(25)28-13-17-11-18(23)10-16-12-26-14-29-22(16)17/h3-6,10-11H,2,7-9,12-14H2,1H3. The predicted molar refractivity (Wildman–Crippen MR) is 102 cm³/mol. The van der Waals surface area contributed by atoms with Gasteiger partial charge in [-0.2, -0.15) is 0 Å². The highest BCUT2D eigenvalue weighted by atomic mass is 19.1. The lowest BCUT2D eigenvalue weighted by atomic mass is 10.1. The number of carbonyl (C=O) groups is 2. The third kappa shape index (κ3) is 5.77. The molecular weight excluding hydrogens is 379 g/mol. The molecule has 0 saturated carbocycles. The summed E-state index contributed by atoms with van der Waals surface area (Å²) in [4.78, 5) is 24.3. The second-order valence-electron chi connectivity index (χ2n) is 6.62. The molecule has 0 amide bonds. The van der Waals surface area contributed by atoms with E-state index in [2.05, 4.69) is 0 Å². The van der Waals surface area contributed by atoms with Crippen LogP contribution in [0.15, 0.2) is 36.4 Å². The van der Waals surface area contributed by atoms with Crippen molar-refractivity contribution in [2.45, 2.75) is 39.4 Å². The van der Waals surface area contributed by atoms with E-state index in [-0.39, 0.29) is 38.6 Å². The molecule has 0 aromatic heterocycles. The number of ether oxygens (including phenoxy) is 4. The maximum Gasteiger partial charge on any atom is 0.306 e. The minimum atomic E-state index is -0.536. The summed E-state index contributed by atoms with van der Waals surface area (Å²) < 4.78 is 34.9. The van der Waals surface area contributed by atoms with Gasteiger partial charge >= 0.3 is 5.97 Å². The number of Topliss-reactive ketones (excluding diaryl/α,β-unsaturated/α-hetero) is 1. The Labute approximate surface area is 168 Å². The molecule has 0 atom stereocenters. The molecule has 0 N–H and O–H groups in total. The zero-order chi connectivity index (χ0) is 20.6. The first kappa shape index (κ1) is 20.8. The molecule has 1 aliphatic rings. The van der Waals surface area contributed by atoms with Gasteiger partial charge in [-0.05, 0) is 42.8 Å². The molecule has 0 bridgehead atoms. The Morgan fingerprint density at radius 2 is 1.93 bits per heavy atom. The van der Waals surface area contributed by atoms with Crippen LogP contribution >= 0.6 is 0 Å². The SMILES string of the molecule is CCCOc1ccc(C(=O)CCC(=O)OCc2cc(F)cc3c2OCOC3)cc1. The van der Waals surface area contributed by atoms with Crippen LogP contribution in [0, 0.1) is 5.82 Å². The minimum absolute atomic E-state index is 0.0274. The third-order valence-electron chi connectivity index (χ3n) is 4.35. The Balaban J connectivity index is 1.49. The summed E-state index contributed by atoms with van der Waals surface area (Å²) in [6.07, 6.45) is 0.870. The van der Waals surface area contributed by atoms with E-state index in [4.69, 9.17) is 18.9 Å². The molecule has 6 nitrogen and oxygen atoms in total. The molecule has 29 heavy (non-hydrogen) atoms. The highest BCUT2D eigenvalue weighted by molar-refractivity contribution is 5.97. The fourth-order valence-electron chi connectivity index (χ4n) is 2.91. The van der Waals surface area contributed by atoms with Crippen LogP contribution in [-0.4, -0.2) is 25.2 Å². The molecule has 2 aromatic carbocycles. The van der Waals surface area contributed by atoms with Gasteiger partial charge in [-0.25, -0.2) is 4.39 Å². The van der Waals surface area contributed by atoms with E-state index in [0.717, 1.165) is 6.42 Å². The van der Waals surface area contributed by atoms with Gasteiger partial charge in [0.2, 0.25) is 0 Å². The van der Waals surface area contributed by atoms with Crippen molar-refractivity contribution >= 4 is 11.8 Å². The fourth-order valence-corrected chi connectivity index (χ4v) is 2.91. The second kappa shape index (κ2) is 10.0. The van der Waals surface area contributed by atoms with Crippen LogP contribution in [0.5, 0.6) is 11.5 Å². The van der Waals surface area contributed by atoms with E-state index >= 15 is 0 Å². The monoisotopic (exact) mass is 402 g/mol. The summed E-state index contributed by atoms with van der Waals surface area (Å²) in [7, 11) is 0. The van der Waals surface area contributed by atoms with Gasteiger partial charge in [0.15, 0.2) is 12.6 Å². The van der Waals surface area contributed by atoms with Crippen molar-refractivity contribution < 1.29 is 32.9 Å². The smallest absolute Gasteiger partial charge is 0.306 e. The number of hydrogen-bond acceptors (Lipinski definition) is 6. The van der Waals surface area contributed by atoms with Crippen LogP contribution in [0.4, 0.5) is 4.39 Å². The molecule has 3 rings (SSSR count). The molecule has 154 valence electrons. The van der Waals surface area contributed by atoms with Crippen molar-refractivity contribution in [3.05, 3.63) is 58.9 Å². The van der Waals surface area contributed by atoms with E-state index in [1.807, 2.05) is 6.92 Å². The van der Waals surface area contributed by atoms with Gasteiger partial charge in [0.05, 0.1) is 19.6 Å². The Bertz CT molecular complexity index is 862. The van der Waals surface area contributed by atoms with Gasteiger partial charge in [0, 0.05) is 23.1 Å². The van der Waals surface area contributed by atoms with Gasteiger partial charge in [-0.3, -0.25) is 9.59 Å². The van der Waals surface area contributed by atoms with Gasteiger partial charge in [0.25, 0.3) is 0 Å². The van der Waals surface area contributed by atoms with Gasteiger partial charge in [0.1, 0.15) is 23.9 Å². The number of esters is 1. The number of rotatable bonds is 9. The largest absolute Gasteiger partial charge is 0.494 e. The van der Waals surface area contributed by atoms with E-state index in [1.165, 1.54) is 12.1 Å². The maximum atomic E-state index is 13.7. The number of fused-ring (bicyclic) bond motifs is 1. The van der Waals surface area contributed by atoms with Gasteiger partial charge in [-0.1, -0.05) is 6.92 Å². The predicted octanol–water partition coefficient (Wildman–Crippen LogP) is 4.19. The summed E-state index contributed by atoms with van der Waals surface area (Å²) in [5, 5.41) is 0. The zero-order valence-corrected chi connectivity index (χ0v) is 16.2. The Hall–Kier alpha value is -2.93. The number of benzene rings is 2. The Morgan fingerprint density at radius 1 is 1.14 bits per heavy atom. The quantitative estimate of drug-likeness (QED) is 0.463. The zero-order valence-electron chi connectivity index (χ0n) is 16.2. The number of ketones is 1. The molecule has 1 heterocycles. The van der Waals surface area contributed by atoms with Crippen molar-refractivity contribution in [3.8, 4) is 11.5 Å². The molecule has 0 unspecified atom stereocenters. The number of carbonyl (C=O) groups excluding carboxylic acids is 2. The summed E-state index contributed by atoms with van der Waals surface area (Å²) in [6, 6.07) is 9.42. The average Bonchev–Trinajstić information content (AvgIpc) is 2.74. The lowest BCUT2D eigenvalue weighted by molar-refractivity contribution is -0.145. The first-order chi connectivity index (χ1) is 14.1. The topological polar surface area (TPSA) is 71.1 Å². The summed E-state index contributed by atoms with van der Waals surface area (Å²) in [5.74, 6) is 0.0325. The van der Waals surface area contributed by atoms with Crippen molar-refractivity contribution in [1.82, 2.24) is 0 Å². The molecule has 0 fully saturated rings. The first-order valence-corrected chi connectivity index (χ1v) is 9.50. The molecule has 0 saturated heterocycles. The molecule has 2 aromatic rings. The van der Waals surface area contributed by atoms with Gasteiger partial charge < -0.3 is 18.9 Å². The first-order valence-electron chi connectivity index (χ1n) is 9.50. The molecule has 1 aliphatic heterocycles. The fraction of sp³-hybridized carbons (Fsp3) is 0.364. The van der Waals surface area contributed by atoms with E-state index in [9.17, 15) is 14.0 Å². The lowest BCUT2D eigenvalue weighted by Crippen LogP contribution is -2.15. The highest BCUT2D eigenvalue weighted by Crippen LogP contribution is 2.30. The molecule has 7 heteroatoms. The van der Waals surface area contributed by atoms with Crippen LogP contribution in [0.2, 0.25) is 0 Å². The van der Waals surface area contributed by atoms with Crippen LogP contribution in [0.25, 0.3) is 0 Å². The molecule has 0 spiro atoms. The van der Waals surface area contributed by atoms with Crippen LogP contribution < -0.4 is 9.47 Å². The summed E-state index contributed by atoms with van der Waals surface area (Å²) in [5.41, 5.74) is 1.52. The highest BCUT2D eigenvalue weighted by Gasteiger charge is 2.18. The van der Waals surface area contributed by atoms with E-state index in [0.29, 0.717) is 34.8 Å². The molecular formula is C22H23FO6. The molecule has 0 aliphatic carbocycles. The van der Waals surface area contributed by atoms with Crippen molar-refractivity contribution in [3.63, 3.8) is 0 Å². The third-order valence-corrected chi connectivity index (χ3v) is 4.35. The van der Waals surface area contributed by atoms with E-state index in [1.54, 1.807) is 24.3 Å². The van der Waals surface area contributed by atoms with Gasteiger partial charge in [-0.15, -0.1) is 0 Å².